The van der Waals surface area contributed by atoms with Crippen LogP contribution in [-0.4, -0.2) is 52.6 Å². The molecule has 24 heavy (non-hydrogen) atoms. The highest BCUT2D eigenvalue weighted by Crippen LogP contribution is 2.43. The molecular weight excluding hydrogens is 372 g/mol. The fourth-order valence-electron chi connectivity index (χ4n) is 2.68. The van der Waals surface area contributed by atoms with Crippen LogP contribution in [0.15, 0.2) is 12.1 Å². The Morgan fingerprint density at radius 3 is 2.17 bits per heavy atom. The third kappa shape index (κ3) is 5.77. The number of phenols is 3. The lowest BCUT2D eigenvalue weighted by Gasteiger charge is -2.35. The van der Waals surface area contributed by atoms with Crippen molar-refractivity contribution in [2.75, 3.05) is 26.2 Å². The van der Waals surface area contributed by atoms with Gasteiger partial charge in [-0.05, 0) is 18.6 Å². The van der Waals surface area contributed by atoms with Crippen molar-refractivity contribution in [1.82, 2.24) is 10.2 Å². The number of hydrogen-bond acceptors (Lipinski definition) is 5. The average molecular weight is 393 g/mol. The molecule has 1 aromatic rings. The molecule has 0 aromatic heterocycles. The summed E-state index contributed by atoms with van der Waals surface area (Å²) < 4.78 is 37.7. The van der Waals surface area contributed by atoms with Crippen molar-refractivity contribution >= 4 is 24.8 Å². The molecule has 10 heteroatoms. The third-order valence-corrected chi connectivity index (χ3v) is 3.81. The normalized spacial score (nSPS) is 16.8. The highest BCUT2D eigenvalue weighted by atomic mass is 35.5. The van der Waals surface area contributed by atoms with Gasteiger partial charge >= 0.3 is 6.18 Å². The number of aromatic hydroxyl groups is 3. The maximum absolute atomic E-state index is 12.6. The van der Waals surface area contributed by atoms with Gasteiger partial charge in [-0.2, -0.15) is 13.2 Å². The lowest BCUT2D eigenvalue weighted by molar-refractivity contribution is -0.138. The number of piperazine rings is 1. The Morgan fingerprint density at radius 1 is 1.04 bits per heavy atom. The van der Waals surface area contributed by atoms with E-state index in [-0.39, 0.29) is 36.8 Å². The fourth-order valence-corrected chi connectivity index (χ4v) is 2.68. The quantitative estimate of drug-likeness (QED) is 0.592. The van der Waals surface area contributed by atoms with E-state index >= 15 is 0 Å². The Kier molecular flexibility index (Phi) is 8.98. The first kappa shape index (κ1) is 22.9. The number of phenolic OH excluding ortho intramolecular Hbond substituents is 3. The molecule has 1 heterocycles. The van der Waals surface area contributed by atoms with E-state index in [2.05, 4.69) is 5.32 Å². The second kappa shape index (κ2) is 9.41. The van der Waals surface area contributed by atoms with Crippen molar-refractivity contribution in [3.8, 4) is 17.2 Å². The predicted octanol–water partition coefficient (Wildman–Crippen LogP) is 2.94. The van der Waals surface area contributed by atoms with Crippen molar-refractivity contribution in [1.29, 1.82) is 0 Å². The van der Waals surface area contributed by atoms with Crippen molar-refractivity contribution in [2.24, 2.45) is 0 Å². The summed E-state index contributed by atoms with van der Waals surface area (Å²) in [5, 5.41) is 32.1. The minimum Gasteiger partial charge on any atom is -0.504 e. The standard InChI is InChI=1S/C14H19F3N2O3.2ClH/c15-14(16,17)4-3-10(19-7-5-18-6-8-19)9-1-2-11(20)13(22)12(9)21;;/h1-2,10,18,20-22H,3-8H2;2*1H/t10-;;/m1../s1. The summed E-state index contributed by atoms with van der Waals surface area (Å²) in [6, 6.07) is 1.86. The number of alkyl halides is 3. The van der Waals surface area contributed by atoms with Gasteiger partial charge in [0.1, 0.15) is 0 Å². The largest absolute Gasteiger partial charge is 0.504 e. The molecule has 0 amide bonds. The van der Waals surface area contributed by atoms with Crippen LogP contribution in [0.4, 0.5) is 13.2 Å². The molecule has 1 atom stereocenters. The molecule has 0 aliphatic carbocycles. The van der Waals surface area contributed by atoms with Gasteiger partial charge in [-0.25, -0.2) is 0 Å². The Bertz CT molecular complexity index is 527. The van der Waals surface area contributed by atoms with Gasteiger partial charge in [0.05, 0.1) is 0 Å². The van der Waals surface area contributed by atoms with Gasteiger partial charge in [-0.1, -0.05) is 0 Å². The van der Waals surface area contributed by atoms with Gasteiger partial charge in [0.25, 0.3) is 0 Å². The maximum atomic E-state index is 12.6. The number of hydrogen-bond donors (Lipinski definition) is 4. The first-order chi connectivity index (χ1) is 10.3. The summed E-state index contributed by atoms with van der Waals surface area (Å²) in [4.78, 5) is 1.84. The zero-order chi connectivity index (χ0) is 16.3. The molecule has 1 aliphatic rings. The molecule has 0 saturated carbocycles. The van der Waals surface area contributed by atoms with Crippen molar-refractivity contribution < 1.29 is 28.5 Å². The van der Waals surface area contributed by atoms with Gasteiger partial charge in [-0.15, -0.1) is 24.8 Å². The number of halogens is 5. The van der Waals surface area contributed by atoms with E-state index in [1.807, 2.05) is 4.90 Å². The van der Waals surface area contributed by atoms with Gasteiger partial charge in [0, 0.05) is 44.2 Å². The van der Waals surface area contributed by atoms with E-state index in [9.17, 15) is 28.5 Å². The number of nitrogens with zero attached hydrogens (tertiary/aromatic N) is 1. The highest BCUT2D eigenvalue weighted by Gasteiger charge is 2.33. The topological polar surface area (TPSA) is 76.0 Å². The van der Waals surface area contributed by atoms with Crippen molar-refractivity contribution in [3.63, 3.8) is 0 Å². The molecule has 4 N–H and O–H groups in total. The molecule has 0 spiro atoms. The minimum atomic E-state index is -4.29. The molecular formula is C14H21Cl2F3N2O3. The number of nitrogens with one attached hydrogen (secondary N) is 1. The monoisotopic (exact) mass is 392 g/mol. The molecule has 0 unspecified atom stereocenters. The van der Waals surface area contributed by atoms with Crippen LogP contribution in [0.5, 0.6) is 17.2 Å². The Morgan fingerprint density at radius 2 is 1.62 bits per heavy atom. The average Bonchev–Trinajstić information content (AvgIpc) is 2.47. The van der Waals surface area contributed by atoms with Gasteiger partial charge in [0.15, 0.2) is 11.5 Å². The van der Waals surface area contributed by atoms with E-state index in [1.165, 1.54) is 12.1 Å². The summed E-state index contributed by atoms with van der Waals surface area (Å²) in [6.45, 7) is 2.38. The van der Waals surface area contributed by atoms with Crippen LogP contribution in [0.3, 0.4) is 0 Å². The highest BCUT2D eigenvalue weighted by molar-refractivity contribution is 5.85. The second-order valence-electron chi connectivity index (χ2n) is 5.33. The number of benzene rings is 1. The Balaban J connectivity index is 0.00000264. The van der Waals surface area contributed by atoms with Crippen LogP contribution < -0.4 is 5.32 Å². The molecule has 0 bridgehead atoms. The maximum Gasteiger partial charge on any atom is 0.389 e. The first-order valence-electron chi connectivity index (χ1n) is 7.05. The molecule has 1 aliphatic heterocycles. The summed E-state index contributed by atoms with van der Waals surface area (Å²) >= 11 is 0. The molecule has 140 valence electrons. The first-order valence-corrected chi connectivity index (χ1v) is 7.05. The number of rotatable bonds is 4. The van der Waals surface area contributed by atoms with Crippen LogP contribution in [0.1, 0.15) is 24.4 Å². The SMILES string of the molecule is Cl.Cl.Oc1ccc([C@@H](CCC(F)(F)F)N2CCNCC2)c(O)c1O. The van der Waals surface area contributed by atoms with Crippen molar-refractivity contribution in [3.05, 3.63) is 17.7 Å². The van der Waals surface area contributed by atoms with Crippen LogP contribution in [-0.2, 0) is 0 Å². The molecule has 1 aromatic carbocycles. The van der Waals surface area contributed by atoms with Crippen LogP contribution >= 0.6 is 24.8 Å². The lowest BCUT2D eigenvalue weighted by Crippen LogP contribution is -2.45. The van der Waals surface area contributed by atoms with Gasteiger partial charge in [0.2, 0.25) is 5.75 Å². The van der Waals surface area contributed by atoms with E-state index in [1.54, 1.807) is 0 Å². The predicted molar refractivity (Wildman–Crippen MR) is 88.4 cm³/mol. The summed E-state index contributed by atoms with van der Waals surface area (Å²) in [6.07, 6.45) is -5.50. The van der Waals surface area contributed by atoms with E-state index < -0.39 is 35.9 Å². The summed E-state index contributed by atoms with van der Waals surface area (Å²) in [5.41, 5.74) is 0.196. The molecule has 0 radical (unpaired) electrons. The minimum absolute atomic E-state index is 0. The van der Waals surface area contributed by atoms with Crippen LogP contribution in [0.2, 0.25) is 0 Å². The molecule has 1 saturated heterocycles. The molecule has 1 fully saturated rings. The van der Waals surface area contributed by atoms with Crippen molar-refractivity contribution in [2.45, 2.75) is 25.1 Å². The second-order valence-corrected chi connectivity index (χ2v) is 5.33. The van der Waals surface area contributed by atoms with Crippen LogP contribution in [0, 0.1) is 0 Å². The third-order valence-electron chi connectivity index (χ3n) is 3.81. The molecule has 5 nitrogen and oxygen atoms in total. The Hall–Kier alpha value is -1.09. The summed E-state index contributed by atoms with van der Waals surface area (Å²) in [5.74, 6) is -1.77. The van der Waals surface area contributed by atoms with Crippen LogP contribution in [0.25, 0.3) is 0 Å². The lowest BCUT2D eigenvalue weighted by atomic mass is 9.97. The summed E-state index contributed by atoms with van der Waals surface area (Å²) in [7, 11) is 0. The smallest absolute Gasteiger partial charge is 0.389 e. The Labute approximate surface area is 150 Å². The fraction of sp³-hybridized carbons (Fsp3) is 0.571. The van der Waals surface area contributed by atoms with Gasteiger partial charge in [-0.3, -0.25) is 4.90 Å². The van der Waals surface area contributed by atoms with E-state index in [0.29, 0.717) is 26.2 Å². The van der Waals surface area contributed by atoms with E-state index in [0.717, 1.165) is 0 Å². The molecule has 2 rings (SSSR count). The van der Waals surface area contributed by atoms with Gasteiger partial charge < -0.3 is 20.6 Å². The zero-order valence-electron chi connectivity index (χ0n) is 12.7. The zero-order valence-corrected chi connectivity index (χ0v) is 14.3. The van der Waals surface area contributed by atoms with E-state index in [4.69, 9.17) is 0 Å².